The molecule has 2 aliphatic rings. The fourth-order valence-corrected chi connectivity index (χ4v) is 5.44. The first-order valence-corrected chi connectivity index (χ1v) is 11.1. The molecule has 4 aromatic rings. The molecule has 0 aliphatic carbocycles. The zero-order chi connectivity index (χ0) is 28.1. The standard InChI is InChI=1S/C27H10F6O6/c28-26(29,30)25(27(31,32)33,15-9-7-11-3-1-5-13-17(11)19(15)23(36)38-21(13)34)16-10-8-12-4-2-6-14-18(12)20(16)24(37)39-22(14)35/h1-10H. The Morgan fingerprint density at radius 3 is 1.23 bits per heavy atom. The minimum Gasteiger partial charge on any atom is -0.386 e. The van der Waals surface area contributed by atoms with Crippen LogP contribution in [0.5, 0.6) is 0 Å². The molecule has 0 atom stereocenters. The van der Waals surface area contributed by atoms with Gasteiger partial charge < -0.3 is 9.47 Å². The molecular formula is C27H10F6O6. The Hall–Kier alpha value is -4.74. The molecule has 2 aliphatic heterocycles. The third-order valence-electron chi connectivity index (χ3n) is 6.97. The zero-order valence-electron chi connectivity index (χ0n) is 19.0. The summed E-state index contributed by atoms with van der Waals surface area (Å²) in [6, 6.07) is 10.2. The van der Waals surface area contributed by atoms with Crippen LogP contribution < -0.4 is 0 Å². The highest BCUT2D eigenvalue weighted by Crippen LogP contribution is 2.59. The number of carbonyl (C=O) groups excluding carboxylic acids is 4. The minimum atomic E-state index is -6.22. The van der Waals surface area contributed by atoms with Crippen LogP contribution in [0, 0.1) is 0 Å². The van der Waals surface area contributed by atoms with E-state index in [4.69, 9.17) is 0 Å². The van der Waals surface area contributed by atoms with Crippen LogP contribution in [0.25, 0.3) is 21.5 Å². The average molecular weight is 544 g/mol. The van der Waals surface area contributed by atoms with Gasteiger partial charge in [0.15, 0.2) is 0 Å². The van der Waals surface area contributed by atoms with Crippen molar-refractivity contribution in [3.05, 3.63) is 94.0 Å². The third kappa shape index (κ3) is 3.05. The number of carbonyl (C=O) groups is 4. The Labute approximate surface area is 212 Å². The lowest BCUT2D eigenvalue weighted by Gasteiger charge is -2.41. The molecule has 0 amide bonds. The molecule has 2 heterocycles. The number of halogens is 6. The van der Waals surface area contributed by atoms with Gasteiger partial charge in [-0.15, -0.1) is 0 Å². The number of alkyl halides is 6. The Morgan fingerprint density at radius 1 is 0.487 bits per heavy atom. The van der Waals surface area contributed by atoms with Gasteiger partial charge in [-0.3, -0.25) is 0 Å². The maximum atomic E-state index is 15.2. The van der Waals surface area contributed by atoms with Crippen molar-refractivity contribution in [3.8, 4) is 0 Å². The van der Waals surface area contributed by atoms with Crippen LogP contribution in [0.15, 0.2) is 60.7 Å². The van der Waals surface area contributed by atoms with Crippen molar-refractivity contribution in [1.29, 1.82) is 0 Å². The van der Waals surface area contributed by atoms with E-state index in [1.54, 1.807) is 0 Å². The predicted octanol–water partition coefficient (Wildman–Crippen LogP) is 6.02. The molecule has 0 unspecified atom stereocenters. The van der Waals surface area contributed by atoms with Crippen LogP contribution in [0.2, 0.25) is 0 Å². The number of benzene rings is 4. The number of rotatable bonds is 2. The molecule has 0 aromatic heterocycles. The van der Waals surface area contributed by atoms with Gasteiger partial charge in [-0.2, -0.15) is 26.3 Å². The second-order valence-corrected chi connectivity index (χ2v) is 8.88. The Kier molecular flexibility index (Phi) is 4.82. The fraction of sp³-hybridized carbons (Fsp3) is 0.111. The van der Waals surface area contributed by atoms with E-state index >= 15 is 26.3 Å². The van der Waals surface area contributed by atoms with Gasteiger partial charge in [-0.25, -0.2) is 19.2 Å². The molecule has 4 aromatic carbocycles. The molecule has 196 valence electrons. The van der Waals surface area contributed by atoms with E-state index in [9.17, 15) is 19.2 Å². The summed E-state index contributed by atoms with van der Waals surface area (Å²) < 4.78 is 100. The Balaban J connectivity index is 1.87. The minimum absolute atomic E-state index is 0.0154. The number of esters is 4. The first-order valence-electron chi connectivity index (χ1n) is 11.1. The summed E-state index contributed by atoms with van der Waals surface area (Å²) >= 11 is 0. The van der Waals surface area contributed by atoms with Gasteiger partial charge in [0.1, 0.15) is 0 Å². The topological polar surface area (TPSA) is 86.7 Å². The maximum Gasteiger partial charge on any atom is 0.411 e. The molecule has 0 fully saturated rings. The van der Waals surface area contributed by atoms with Gasteiger partial charge in [0.05, 0.1) is 22.3 Å². The highest BCUT2D eigenvalue weighted by molar-refractivity contribution is 6.23. The van der Waals surface area contributed by atoms with Crippen LogP contribution in [0.1, 0.15) is 52.6 Å². The van der Waals surface area contributed by atoms with E-state index in [-0.39, 0.29) is 10.8 Å². The van der Waals surface area contributed by atoms with Crippen molar-refractivity contribution in [2.24, 2.45) is 0 Å². The lowest BCUT2D eigenvalue weighted by molar-refractivity contribution is -0.288. The summed E-state index contributed by atoms with van der Waals surface area (Å²) in [7, 11) is 0. The van der Waals surface area contributed by atoms with E-state index in [0.717, 1.165) is 24.3 Å². The van der Waals surface area contributed by atoms with E-state index in [2.05, 4.69) is 9.47 Å². The second-order valence-electron chi connectivity index (χ2n) is 8.88. The van der Waals surface area contributed by atoms with Gasteiger partial charge in [-0.05, 0) is 34.0 Å². The van der Waals surface area contributed by atoms with Crippen molar-refractivity contribution in [3.63, 3.8) is 0 Å². The van der Waals surface area contributed by atoms with E-state index in [0.29, 0.717) is 12.1 Å². The van der Waals surface area contributed by atoms with Gasteiger partial charge in [0.2, 0.25) is 5.41 Å². The Morgan fingerprint density at radius 2 is 0.872 bits per heavy atom. The summed E-state index contributed by atoms with van der Waals surface area (Å²) in [5, 5.41) is -0.882. The predicted molar refractivity (Wildman–Crippen MR) is 120 cm³/mol. The summed E-state index contributed by atoms with van der Waals surface area (Å²) in [6.45, 7) is 0. The van der Waals surface area contributed by atoms with E-state index < -0.39 is 85.8 Å². The molecule has 0 saturated heterocycles. The number of cyclic esters (lactones) is 4. The summed E-state index contributed by atoms with van der Waals surface area (Å²) in [5.41, 5.74) is -11.3. The first-order chi connectivity index (χ1) is 18.3. The summed E-state index contributed by atoms with van der Waals surface area (Å²) in [6.07, 6.45) is -12.4. The zero-order valence-corrected chi connectivity index (χ0v) is 19.0. The molecular weight excluding hydrogens is 534 g/mol. The smallest absolute Gasteiger partial charge is 0.386 e. The molecule has 39 heavy (non-hydrogen) atoms. The lowest BCUT2D eigenvalue weighted by Crippen LogP contribution is -2.56. The fourth-order valence-electron chi connectivity index (χ4n) is 5.44. The highest BCUT2D eigenvalue weighted by Gasteiger charge is 2.74. The SMILES string of the molecule is O=C1OC(=O)c2c(C(c3ccc4cccc5c4c3C(=O)OC5=O)(C(F)(F)F)C(F)(F)F)ccc3cccc1c23. The highest BCUT2D eigenvalue weighted by atomic mass is 19.4. The molecule has 0 spiro atoms. The number of hydrogen-bond acceptors (Lipinski definition) is 6. The Bertz CT molecular complexity index is 1680. The average Bonchev–Trinajstić information content (AvgIpc) is 2.84. The quantitative estimate of drug-likeness (QED) is 0.174. The van der Waals surface area contributed by atoms with Gasteiger partial charge >= 0.3 is 36.2 Å². The first kappa shape index (κ1) is 24.6. The number of hydrogen-bond donors (Lipinski definition) is 0. The second kappa shape index (κ2) is 7.65. The van der Waals surface area contributed by atoms with Gasteiger partial charge in [0, 0.05) is 10.8 Å². The van der Waals surface area contributed by atoms with E-state index in [1.165, 1.54) is 24.3 Å². The molecule has 0 N–H and O–H groups in total. The summed E-state index contributed by atoms with van der Waals surface area (Å²) in [5.74, 6) is -5.92. The van der Waals surface area contributed by atoms with Crippen molar-refractivity contribution < 1.29 is 55.0 Å². The van der Waals surface area contributed by atoms with Crippen molar-refractivity contribution >= 4 is 45.4 Å². The monoisotopic (exact) mass is 544 g/mol. The van der Waals surface area contributed by atoms with E-state index in [1.807, 2.05) is 0 Å². The van der Waals surface area contributed by atoms with Crippen molar-refractivity contribution in [2.75, 3.05) is 0 Å². The molecule has 0 radical (unpaired) electrons. The molecule has 0 bridgehead atoms. The summed E-state index contributed by atoms with van der Waals surface area (Å²) in [4.78, 5) is 50.3. The van der Waals surface area contributed by atoms with Crippen LogP contribution in [0.4, 0.5) is 26.3 Å². The molecule has 6 rings (SSSR count). The maximum absolute atomic E-state index is 15.2. The van der Waals surface area contributed by atoms with Crippen LogP contribution in [0.3, 0.4) is 0 Å². The molecule has 0 saturated carbocycles. The van der Waals surface area contributed by atoms with Gasteiger partial charge in [0.25, 0.3) is 0 Å². The van der Waals surface area contributed by atoms with Crippen LogP contribution in [-0.2, 0) is 14.9 Å². The van der Waals surface area contributed by atoms with Crippen molar-refractivity contribution in [2.45, 2.75) is 17.8 Å². The van der Waals surface area contributed by atoms with Crippen LogP contribution >= 0.6 is 0 Å². The lowest BCUT2D eigenvalue weighted by atomic mass is 9.67. The largest absolute Gasteiger partial charge is 0.411 e. The van der Waals surface area contributed by atoms with Crippen LogP contribution in [-0.4, -0.2) is 36.2 Å². The normalized spacial score (nSPS) is 15.5. The molecule has 6 nitrogen and oxygen atoms in total. The van der Waals surface area contributed by atoms with Crippen molar-refractivity contribution in [1.82, 2.24) is 0 Å². The third-order valence-corrected chi connectivity index (χ3v) is 6.97. The number of ether oxygens (including phenoxy) is 2. The van der Waals surface area contributed by atoms with Gasteiger partial charge in [-0.1, -0.05) is 48.5 Å². The molecule has 12 heteroatoms.